The number of nitrogens with zero attached hydrogens (tertiary/aromatic N) is 1. The van der Waals surface area contributed by atoms with E-state index in [-0.39, 0.29) is 0 Å². The fourth-order valence-corrected chi connectivity index (χ4v) is 13.1. The maximum Gasteiger partial charge on any atom is 0.0720 e. The van der Waals surface area contributed by atoms with Crippen molar-refractivity contribution in [1.29, 1.82) is 0 Å². The van der Waals surface area contributed by atoms with Crippen LogP contribution in [-0.2, 0) is 10.8 Å². The van der Waals surface area contributed by atoms with Gasteiger partial charge in [0.2, 0.25) is 0 Å². The third-order valence-electron chi connectivity index (χ3n) is 14.4. The predicted molar refractivity (Wildman–Crippen MR) is 262 cm³/mol. The molecule has 0 N–H and O–H groups in total. The number of rotatable bonds is 3. The summed E-state index contributed by atoms with van der Waals surface area (Å²) in [6, 6.07) is 84.1. The highest BCUT2D eigenvalue weighted by molar-refractivity contribution is 7.25. The van der Waals surface area contributed by atoms with Crippen LogP contribution in [0.1, 0.15) is 44.5 Å². The molecule has 0 saturated carbocycles. The Hall–Kier alpha value is -7.65. The Kier molecular flexibility index (Phi) is 7.19. The number of thiophene rings is 1. The molecule has 0 amide bonds. The van der Waals surface area contributed by atoms with Gasteiger partial charge >= 0.3 is 0 Å². The van der Waals surface area contributed by atoms with E-state index in [9.17, 15) is 0 Å². The van der Waals surface area contributed by atoms with Gasteiger partial charge in [-0.1, -0.05) is 194 Å². The van der Waals surface area contributed by atoms with E-state index in [1.165, 1.54) is 92.5 Å². The Morgan fingerprint density at radius 3 is 1.33 bits per heavy atom. The maximum atomic E-state index is 5.33. The van der Waals surface area contributed by atoms with E-state index in [1.54, 1.807) is 0 Å². The fourth-order valence-electron chi connectivity index (χ4n) is 12.0. The molecule has 0 atom stereocenters. The lowest BCUT2D eigenvalue weighted by Crippen LogP contribution is -2.43. The van der Waals surface area contributed by atoms with Crippen molar-refractivity contribution in [2.75, 3.05) is 0 Å². The average Bonchev–Trinajstić information content (AvgIpc) is 3.97. The van der Waals surface area contributed by atoms with E-state index in [0.29, 0.717) is 0 Å². The summed E-state index contributed by atoms with van der Waals surface area (Å²) in [5.41, 5.74) is 21.4. The van der Waals surface area contributed by atoms with E-state index < -0.39 is 10.8 Å². The zero-order chi connectivity index (χ0) is 41.3. The Morgan fingerprint density at radius 2 is 0.746 bits per heavy atom. The lowest BCUT2D eigenvalue weighted by molar-refractivity contribution is 0.633. The largest absolute Gasteiger partial charge is 0.248 e. The van der Waals surface area contributed by atoms with Gasteiger partial charge in [-0.2, -0.15) is 0 Å². The van der Waals surface area contributed by atoms with Crippen LogP contribution in [0.5, 0.6) is 0 Å². The molecule has 0 fully saturated rings. The van der Waals surface area contributed by atoms with Gasteiger partial charge in [-0.25, -0.2) is 4.98 Å². The summed E-state index contributed by atoms with van der Waals surface area (Å²) in [5, 5.41) is 2.62. The highest BCUT2D eigenvalue weighted by atomic mass is 32.1. The van der Waals surface area contributed by atoms with Gasteiger partial charge in [0, 0.05) is 31.3 Å². The molecular weight excluding hydrogens is 779 g/mol. The number of fused-ring (bicyclic) bond motifs is 19. The molecular formula is C61H37NS. The van der Waals surface area contributed by atoms with Crippen LogP contribution in [-0.4, -0.2) is 4.98 Å². The molecule has 0 bridgehead atoms. The van der Waals surface area contributed by atoms with Crippen molar-refractivity contribution in [3.63, 3.8) is 0 Å². The van der Waals surface area contributed by atoms with Crippen molar-refractivity contribution < 1.29 is 0 Å². The summed E-state index contributed by atoms with van der Waals surface area (Å²) in [4.78, 5) is 5.33. The Morgan fingerprint density at radius 1 is 0.286 bits per heavy atom. The summed E-state index contributed by atoms with van der Waals surface area (Å²) in [7, 11) is 0. The highest BCUT2D eigenvalue weighted by Gasteiger charge is 2.59. The van der Waals surface area contributed by atoms with Crippen LogP contribution >= 0.6 is 11.3 Å². The van der Waals surface area contributed by atoms with Gasteiger partial charge in [0.1, 0.15) is 0 Å². The molecule has 11 aromatic rings. The summed E-state index contributed by atoms with van der Waals surface area (Å²) in [6.07, 6.45) is 0. The van der Waals surface area contributed by atoms with Crippen molar-refractivity contribution in [2.45, 2.75) is 10.8 Å². The minimum absolute atomic E-state index is 0.492. The Balaban J connectivity index is 1.14. The molecule has 0 aliphatic heterocycles. The van der Waals surface area contributed by atoms with Gasteiger partial charge in [0.05, 0.1) is 22.2 Å². The highest BCUT2D eigenvalue weighted by Crippen LogP contribution is 2.68. The first kappa shape index (κ1) is 35.0. The SMILES string of the molecule is c1ccc(-c2cc(-c3cccc4c3-c3cc5c(cc3C43c4ccccc4C4(c6ccccc6-c6ccccc64)c4ccccc43)sc3ccccc35)cc(-c3ccccc3)n2)cc1. The molecule has 0 unspecified atom stereocenters. The number of pyridine rings is 1. The topological polar surface area (TPSA) is 12.9 Å². The number of hydrogen-bond donors (Lipinski definition) is 0. The van der Waals surface area contributed by atoms with Crippen LogP contribution in [0, 0.1) is 0 Å². The summed E-state index contributed by atoms with van der Waals surface area (Å²) >= 11 is 1.91. The summed E-state index contributed by atoms with van der Waals surface area (Å²) in [5.74, 6) is 0. The van der Waals surface area contributed by atoms with Crippen molar-refractivity contribution in [3.8, 4) is 55.9 Å². The molecule has 2 aromatic heterocycles. The second-order valence-corrected chi connectivity index (χ2v) is 18.3. The van der Waals surface area contributed by atoms with Crippen LogP contribution in [0.25, 0.3) is 76.1 Å². The van der Waals surface area contributed by atoms with Crippen LogP contribution in [0.15, 0.2) is 224 Å². The van der Waals surface area contributed by atoms with Crippen molar-refractivity contribution in [2.24, 2.45) is 0 Å². The minimum atomic E-state index is -0.604. The van der Waals surface area contributed by atoms with Crippen molar-refractivity contribution in [1.82, 2.24) is 4.98 Å². The molecule has 9 aromatic carbocycles. The first-order chi connectivity index (χ1) is 31.2. The molecule has 2 heteroatoms. The molecule has 3 aliphatic carbocycles. The fraction of sp³-hybridized carbons (Fsp3) is 0.0328. The molecule has 3 aliphatic rings. The molecule has 63 heavy (non-hydrogen) atoms. The maximum absolute atomic E-state index is 5.33. The standard InChI is InChI=1S/C61H37NS/c1-3-18-38(19-4-1)55-34-40(35-56(62-55)39-20-5-2-6-21-39)41-25-17-32-53-59(41)46-36-45-44-24-9-16-33-57(44)63-58(45)37-54(46)61(53)51-30-14-12-28-49(51)60(50-29-13-15-31-52(50)61)47-26-10-7-22-42(47)43-23-8-11-27-48(43)60/h1-37H. The molecule has 0 saturated heterocycles. The quantitative estimate of drug-likeness (QED) is 0.173. The van der Waals surface area contributed by atoms with E-state index in [4.69, 9.17) is 4.98 Å². The van der Waals surface area contributed by atoms with Crippen molar-refractivity contribution >= 4 is 31.5 Å². The third-order valence-corrected chi connectivity index (χ3v) is 15.5. The number of hydrogen-bond acceptors (Lipinski definition) is 2. The van der Waals surface area contributed by atoms with Crippen molar-refractivity contribution in [3.05, 3.63) is 269 Å². The van der Waals surface area contributed by atoms with E-state index in [1.807, 2.05) is 11.3 Å². The molecule has 0 radical (unpaired) electrons. The third kappa shape index (κ3) is 4.53. The second-order valence-electron chi connectivity index (χ2n) is 17.3. The lowest BCUT2D eigenvalue weighted by atomic mass is 9.52. The first-order valence-corrected chi connectivity index (χ1v) is 22.7. The van der Waals surface area contributed by atoms with E-state index in [2.05, 4.69) is 224 Å². The van der Waals surface area contributed by atoms with E-state index >= 15 is 0 Å². The van der Waals surface area contributed by atoms with Gasteiger partial charge in [-0.3, -0.25) is 0 Å². The zero-order valence-corrected chi connectivity index (χ0v) is 35.0. The average molecular weight is 816 g/mol. The molecule has 2 heterocycles. The molecule has 2 spiro atoms. The lowest BCUT2D eigenvalue weighted by Gasteiger charge is -2.48. The van der Waals surface area contributed by atoms with Gasteiger partial charge in [0.25, 0.3) is 0 Å². The van der Waals surface area contributed by atoms with Gasteiger partial charge in [0.15, 0.2) is 0 Å². The summed E-state index contributed by atoms with van der Waals surface area (Å²) in [6.45, 7) is 0. The second kappa shape index (κ2) is 12.9. The van der Waals surface area contributed by atoms with Gasteiger partial charge in [-0.05, 0) is 108 Å². The Bertz CT molecular complexity index is 3540. The summed E-state index contributed by atoms with van der Waals surface area (Å²) < 4.78 is 2.63. The van der Waals surface area contributed by atoms with Gasteiger partial charge in [-0.15, -0.1) is 11.3 Å². The molecule has 292 valence electrons. The van der Waals surface area contributed by atoms with E-state index in [0.717, 1.165) is 28.1 Å². The van der Waals surface area contributed by atoms with Crippen LogP contribution in [0.2, 0.25) is 0 Å². The minimum Gasteiger partial charge on any atom is -0.248 e. The van der Waals surface area contributed by atoms with Crippen LogP contribution in [0.4, 0.5) is 0 Å². The molecule has 1 nitrogen and oxygen atoms in total. The number of benzene rings is 9. The number of aromatic nitrogens is 1. The smallest absolute Gasteiger partial charge is 0.0720 e. The van der Waals surface area contributed by atoms with Crippen LogP contribution < -0.4 is 0 Å². The zero-order valence-electron chi connectivity index (χ0n) is 34.2. The first-order valence-electron chi connectivity index (χ1n) is 21.9. The normalized spacial score (nSPS) is 14.3. The van der Waals surface area contributed by atoms with Crippen LogP contribution in [0.3, 0.4) is 0 Å². The molecule has 14 rings (SSSR count). The predicted octanol–water partition coefficient (Wildman–Crippen LogP) is 15.5. The van der Waals surface area contributed by atoms with Gasteiger partial charge < -0.3 is 0 Å². The Labute approximate surface area is 370 Å². The monoisotopic (exact) mass is 815 g/mol.